The molecule has 0 unspecified atom stereocenters. The molecular formula is C7H13AsN2S. The van der Waals surface area contributed by atoms with E-state index in [-0.39, 0.29) is 0 Å². The van der Waals surface area contributed by atoms with E-state index in [4.69, 9.17) is 5.73 Å². The summed E-state index contributed by atoms with van der Waals surface area (Å²) in [6.07, 6.45) is 3.08. The van der Waals surface area contributed by atoms with Gasteiger partial charge in [-0.05, 0) is 0 Å². The summed E-state index contributed by atoms with van der Waals surface area (Å²) in [4.78, 5) is 5.35. The molecule has 1 rings (SSSR count). The molecule has 0 aliphatic heterocycles. The molecule has 0 saturated heterocycles. The molecule has 1 heterocycles. The molecule has 11 heavy (non-hydrogen) atoms. The summed E-state index contributed by atoms with van der Waals surface area (Å²) in [5.74, 6) is 0. The Bertz CT molecular complexity index is 222. The number of nitrogens with two attached hydrogens (primary N) is 1. The molecule has 0 aromatic carbocycles. The Morgan fingerprint density at radius 1 is 1.64 bits per heavy atom. The van der Waals surface area contributed by atoms with Crippen molar-refractivity contribution >= 4 is 31.1 Å². The number of nitrogens with zero attached hydrogens (tertiary/aromatic N) is 1. The fourth-order valence-corrected chi connectivity index (χ4v) is 3.23. The van der Waals surface area contributed by atoms with Gasteiger partial charge in [0.1, 0.15) is 0 Å². The molecule has 0 fully saturated rings. The van der Waals surface area contributed by atoms with Crippen molar-refractivity contribution in [2.24, 2.45) is 0 Å². The summed E-state index contributed by atoms with van der Waals surface area (Å²) in [6, 6.07) is 0. The van der Waals surface area contributed by atoms with E-state index in [0.717, 1.165) is 0 Å². The predicted molar refractivity (Wildman–Crippen MR) is 52.5 cm³/mol. The van der Waals surface area contributed by atoms with Crippen LogP contribution in [0.5, 0.6) is 0 Å². The van der Waals surface area contributed by atoms with Gasteiger partial charge in [0.25, 0.3) is 0 Å². The SMILES string of the molecule is C[As](C)CCc1cnc(N)s1. The van der Waals surface area contributed by atoms with Crippen molar-refractivity contribution in [1.29, 1.82) is 0 Å². The van der Waals surface area contributed by atoms with Crippen molar-refractivity contribution in [2.75, 3.05) is 5.73 Å². The first-order chi connectivity index (χ1) is 5.18. The molecule has 0 bridgehead atoms. The number of hydrogen-bond acceptors (Lipinski definition) is 3. The standard InChI is InChI=1S/C7H13AsN2S/c1-8(2)4-3-6-5-10-7(9)11-6/h5H,3-4H2,1-2H3,(H2,9,10). The van der Waals surface area contributed by atoms with Crippen LogP contribution >= 0.6 is 11.3 Å². The molecule has 0 spiro atoms. The Hall–Kier alpha value is -0.0116. The van der Waals surface area contributed by atoms with Crippen LogP contribution in [-0.4, -0.2) is 19.6 Å². The van der Waals surface area contributed by atoms with E-state index >= 15 is 0 Å². The number of rotatable bonds is 3. The maximum absolute atomic E-state index is 5.50. The van der Waals surface area contributed by atoms with Gasteiger partial charge in [-0.2, -0.15) is 0 Å². The van der Waals surface area contributed by atoms with Crippen molar-refractivity contribution in [3.63, 3.8) is 0 Å². The van der Waals surface area contributed by atoms with Crippen LogP contribution in [-0.2, 0) is 6.42 Å². The zero-order valence-electron chi connectivity index (χ0n) is 6.87. The van der Waals surface area contributed by atoms with Crippen LogP contribution in [0.3, 0.4) is 0 Å². The van der Waals surface area contributed by atoms with Crippen LogP contribution in [0.2, 0.25) is 16.6 Å². The van der Waals surface area contributed by atoms with Crippen LogP contribution in [0, 0.1) is 0 Å². The molecule has 2 N–H and O–H groups in total. The van der Waals surface area contributed by atoms with Gasteiger partial charge in [0.05, 0.1) is 0 Å². The van der Waals surface area contributed by atoms with Crippen LogP contribution in [0.4, 0.5) is 5.13 Å². The van der Waals surface area contributed by atoms with Gasteiger partial charge in [0, 0.05) is 0 Å². The van der Waals surface area contributed by atoms with E-state index in [1.54, 1.807) is 11.3 Å². The van der Waals surface area contributed by atoms with E-state index in [0.29, 0.717) is 5.13 Å². The number of hydrogen-bond donors (Lipinski definition) is 1. The molecule has 0 aliphatic carbocycles. The van der Waals surface area contributed by atoms with E-state index in [2.05, 4.69) is 16.4 Å². The third-order valence-electron chi connectivity index (χ3n) is 1.38. The topological polar surface area (TPSA) is 38.9 Å². The van der Waals surface area contributed by atoms with Gasteiger partial charge in [-0.3, -0.25) is 0 Å². The monoisotopic (exact) mass is 232 g/mol. The van der Waals surface area contributed by atoms with E-state index in [1.807, 2.05) is 6.20 Å². The number of anilines is 1. The summed E-state index contributed by atoms with van der Waals surface area (Å²) < 4.78 is 0. The van der Waals surface area contributed by atoms with Crippen LogP contribution in [0.15, 0.2) is 6.20 Å². The zero-order chi connectivity index (χ0) is 8.27. The van der Waals surface area contributed by atoms with Gasteiger partial charge in [-0.1, -0.05) is 0 Å². The Balaban J connectivity index is 2.39. The van der Waals surface area contributed by atoms with Gasteiger partial charge < -0.3 is 0 Å². The quantitative estimate of drug-likeness (QED) is 0.810. The zero-order valence-corrected chi connectivity index (χ0v) is 9.56. The second-order valence-corrected chi connectivity index (χ2v) is 9.33. The number of aromatic nitrogens is 1. The summed E-state index contributed by atoms with van der Waals surface area (Å²) in [5.41, 5.74) is 10.2. The van der Waals surface area contributed by atoms with Crippen LogP contribution < -0.4 is 5.73 Å². The summed E-state index contributed by atoms with van der Waals surface area (Å²) in [7, 11) is 0. The Morgan fingerprint density at radius 3 is 2.82 bits per heavy atom. The van der Waals surface area contributed by atoms with Gasteiger partial charge in [-0.15, -0.1) is 0 Å². The molecule has 0 saturated carbocycles. The molecule has 4 heteroatoms. The second kappa shape index (κ2) is 4.12. The molecule has 0 atom stereocenters. The van der Waals surface area contributed by atoms with Crippen LogP contribution in [0.1, 0.15) is 4.88 Å². The molecule has 62 valence electrons. The van der Waals surface area contributed by atoms with Gasteiger partial charge in [-0.25, -0.2) is 0 Å². The molecule has 1 aromatic heterocycles. The van der Waals surface area contributed by atoms with Crippen molar-refractivity contribution in [1.82, 2.24) is 4.98 Å². The summed E-state index contributed by atoms with van der Waals surface area (Å²) in [6.45, 7) is 0. The Labute approximate surface area is 76.1 Å². The first-order valence-corrected chi connectivity index (χ1v) is 9.43. The van der Waals surface area contributed by atoms with E-state index < -0.39 is 14.7 Å². The molecule has 0 amide bonds. The summed E-state index contributed by atoms with van der Waals surface area (Å²) in [5, 5.41) is 2.07. The number of thiazole rings is 1. The predicted octanol–water partition coefficient (Wildman–Crippen LogP) is 2.02. The fourth-order valence-electron chi connectivity index (χ4n) is 0.772. The third kappa shape index (κ3) is 3.26. The van der Waals surface area contributed by atoms with Gasteiger partial charge in [0.15, 0.2) is 0 Å². The molecular weight excluding hydrogens is 219 g/mol. The third-order valence-corrected chi connectivity index (χ3v) is 4.61. The first kappa shape index (κ1) is 9.08. The average Bonchev–Trinajstić information content (AvgIpc) is 2.31. The Morgan fingerprint density at radius 2 is 2.36 bits per heavy atom. The normalized spacial score (nSPS) is 10.8. The Kier molecular flexibility index (Phi) is 3.40. The molecule has 1 aromatic rings. The van der Waals surface area contributed by atoms with E-state index in [1.165, 1.54) is 16.5 Å². The van der Waals surface area contributed by atoms with Crippen molar-refractivity contribution in [3.05, 3.63) is 11.1 Å². The average molecular weight is 232 g/mol. The fraction of sp³-hybridized carbons (Fsp3) is 0.571. The first-order valence-electron chi connectivity index (χ1n) is 3.53. The van der Waals surface area contributed by atoms with Gasteiger partial charge >= 0.3 is 76.0 Å². The minimum absolute atomic E-state index is 0.451. The minimum atomic E-state index is -0.451. The number of nitrogen functional groups attached to an aromatic ring is 1. The summed E-state index contributed by atoms with van der Waals surface area (Å²) >= 11 is 1.17. The van der Waals surface area contributed by atoms with E-state index in [9.17, 15) is 0 Å². The number of aryl methyl sites for hydroxylation is 1. The van der Waals surface area contributed by atoms with Crippen molar-refractivity contribution < 1.29 is 0 Å². The molecule has 0 aliphatic rings. The maximum atomic E-state index is 5.50. The molecule has 2 nitrogen and oxygen atoms in total. The van der Waals surface area contributed by atoms with Gasteiger partial charge in [0.2, 0.25) is 0 Å². The second-order valence-electron chi connectivity index (χ2n) is 2.72. The van der Waals surface area contributed by atoms with Crippen molar-refractivity contribution in [3.8, 4) is 0 Å². The molecule has 0 radical (unpaired) electrons. The van der Waals surface area contributed by atoms with Crippen LogP contribution in [0.25, 0.3) is 0 Å². The van der Waals surface area contributed by atoms with Crippen molar-refractivity contribution in [2.45, 2.75) is 23.1 Å².